The highest BCUT2D eigenvalue weighted by Gasteiger charge is 2.19. The van der Waals surface area contributed by atoms with Crippen molar-refractivity contribution < 1.29 is 14.3 Å². The second-order valence-corrected chi connectivity index (χ2v) is 3.64. The van der Waals surface area contributed by atoms with E-state index in [9.17, 15) is 4.79 Å². The predicted octanol–water partition coefficient (Wildman–Crippen LogP) is 2.75. The smallest absolute Gasteiger partial charge is 0.347 e. The molecular formula is C14H18O3. The van der Waals surface area contributed by atoms with E-state index in [0.717, 1.165) is 5.56 Å². The lowest BCUT2D eigenvalue weighted by Crippen LogP contribution is -2.28. The van der Waals surface area contributed by atoms with Gasteiger partial charge in [-0.05, 0) is 24.5 Å². The highest BCUT2D eigenvalue weighted by molar-refractivity contribution is 5.74. The first-order valence-electron chi connectivity index (χ1n) is 5.66. The van der Waals surface area contributed by atoms with Crippen LogP contribution in [0.3, 0.4) is 0 Å². The Balaban J connectivity index is 2.85. The van der Waals surface area contributed by atoms with Crippen LogP contribution in [0.1, 0.15) is 18.9 Å². The van der Waals surface area contributed by atoms with E-state index >= 15 is 0 Å². The fourth-order valence-electron chi connectivity index (χ4n) is 1.53. The van der Waals surface area contributed by atoms with Gasteiger partial charge >= 0.3 is 5.97 Å². The number of ether oxygens (including phenoxy) is 2. The standard InChI is InChI=1S/C14H18O3/c1-4-8-11-9-6-7-10-13(11)17-12(5-2)14(15)16-3/h4,6-7,9-10,12H,1,5,8H2,2-3H3. The summed E-state index contributed by atoms with van der Waals surface area (Å²) in [6, 6.07) is 7.63. The minimum absolute atomic E-state index is 0.346. The number of methoxy groups -OCH3 is 1. The number of esters is 1. The van der Waals surface area contributed by atoms with Gasteiger partial charge < -0.3 is 9.47 Å². The molecule has 0 saturated heterocycles. The molecule has 3 heteroatoms. The van der Waals surface area contributed by atoms with Crippen LogP contribution in [0.5, 0.6) is 5.75 Å². The molecule has 0 aromatic heterocycles. The molecule has 1 aromatic rings. The van der Waals surface area contributed by atoms with Crippen LogP contribution in [0.15, 0.2) is 36.9 Å². The lowest BCUT2D eigenvalue weighted by Gasteiger charge is -2.17. The third-order valence-electron chi connectivity index (χ3n) is 2.44. The van der Waals surface area contributed by atoms with Crippen molar-refractivity contribution in [3.63, 3.8) is 0 Å². The lowest BCUT2D eigenvalue weighted by atomic mass is 10.1. The summed E-state index contributed by atoms with van der Waals surface area (Å²) < 4.78 is 10.4. The Labute approximate surface area is 102 Å². The Morgan fingerprint density at radius 3 is 2.76 bits per heavy atom. The van der Waals surface area contributed by atoms with E-state index in [1.165, 1.54) is 7.11 Å². The molecule has 92 valence electrons. The van der Waals surface area contributed by atoms with Crippen LogP contribution < -0.4 is 4.74 Å². The number of carbonyl (C=O) groups is 1. The topological polar surface area (TPSA) is 35.5 Å². The average Bonchev–Trinajstić information content (AvgIpc) is 2.37. The first-order chi connectivity index (χ1) is 8.22. The number of rotatable bonds is 6. The van der Waals surface area contributed by atoms with Crippen LogP contribution in [0.2, 0.25) is 0 Å². The quantitative estimate of drug-likeness (QED) is 0.561. The summed E-state index contributed by atoms with van der Waals surface area (Å²) >= 11 is 0. The van der Waals surface area contributed by atoms with Gasteiger partial charge in [-0.2, -0.15) is 0 Å². The molecular weight excluding hydrogens is 216 g/mol. The maximum Gasteiger partial charge on any atom is 0.347 e. The molecule has 0 spiro atoms. The van der Waals surface area contributed by atoms with Crippen LogP contribution in [-0.2, 0) is 16.0 Å². The van der Waals surface area contributed by atoms with Gasteiger partial charge in [0.05, 0.1) is 7.11 Å². The Morgan fingerprint density at radius 1 is 1.47 bits per heavy atom. The number of carbonyl (C=O) groups excluding carboxylic acids is 1. The lowest BCUT2D eigenvalue weighted by molar-refractivity contribution is -0.148. The van der Waals surface area contributed by atoms with Gasteiger partial charge in [0.2, 0.25) is 0 Å². The SMILES string of the molecule is C=CCc1ccccc1OC(CC)C(=O)OC. The van der Waals surface area contributed by atoms with Crippen molar-refractivity contribution in [3.05, 3.63) is 42.5 Å². The second-order valence-electron chi connectivity index (χ2n) is 3.64. The van der Waals surface area contributed by atoms with Gasteiger partial charge in [-0.1, -0.05) is 31.2 Å². The maximum absolute atomic E-state index is 11.4. The highest BCUT2D eigenvalue weighted by atomic mass is 16.6. The van der Waals surface area contributed by atoms with Crippen molar-refractivity contribution in [2.45, 2.75) is 25.9 Å². The molecule has 1 atom stereocenters. The second kappa shape index (κ2) is 6.74. The molecule has 0 aliphatic rings. The van der Waals surface area contributed by atoms with E-state index in [0.29, 0.717) is 18.6 Å². The minimum Gasteiger partial charge on any atom is -0.478 e. The van der Waals surface area contributed by atoms with Gasteiger partial charge in [-0.15, -0.1) is 6.58 Å². The van der Waals surface area contributed by atoms with Crippen LogP contribution in [0.4, 0.5) is 0 Å². The summed E-state index contributed by atoms with van der Waals surface area (Å²) in [5.74, 6) is 0.366. The number of allylic oxidation sites excluding steroid dienone is 1. The molecule has 1 unspecified atom stereocenters. The summed E-state index contributed by atoms with van der Waals surface area (Å²) in [6.45, 7) is 5.59. The van der Waals surface area contributed by atoms with E-state index in [-0.39, 0.29) is 5.97 Å². The van der Waals surface area contributed by atoms with Gasteiger partial charge in [0, 0.05) is 0 Å². The van der Waals surface area contributed by atoms with E-state index < -0.39 is 6.10 Å². The van der Waals surface area contributed by atoms with Crippen LogP contribution in [0, 0.1) is 0 Å². The van der Waals surface area contributed by atoms with E-state index in [4.69, 9.17) is 9.47 Å². The fourth-order valence-corrected chi connectivity index (χ4v) is 1.53. The molecule has 0 amide bonds. The Morgan fingerprint density at radius 2 is 2.18 bits per heavy atom. The molecule has 0 aliphatic heterocycles. The average molecular weight is 234 g/mol. The number of hydrogen-bond donors (Lipinski definition) is 0. The summed E-state index contributed by atoms with van der Waals surface area (Å²) in [7, 11) is 1.37. The summed E-state index contributed by atoms with van der Waals surface area (Å²) in [4.78, 5) is 11.4. The van der Waals surface area contributed by atoms with Crippen molar-refractivity contribution in [1.82, 2.24) is 0 Å². The monoisotopic (exact) mass is 234 g/mol. The van der Waals surface area contributed by atoms with E-state index in [1.54, 1.807) is 6.08 Å². The predicted molar refractivity (Wildman–Crippen MR) is 67.1 cm³/mol. The molecule has 0 aliphatic carbocycles. The van der Waals surface area contributed by atoms with Gasteiger partial charge in [0.15, 0.2) is 6.10 Å². The van der Waals surface area contributed by atoms with E-state index in [1.807, 2.05) is 31.2 Å². The summed E-state index contributed by atoms with van der Waals surface area (Å²) in [5, 5.41) is 0. The molecule has 0 N–H and O–H groups in total. The number of para-hydroxylation sites is 1. The Kier molecular flexibility index (Phi) is 5.27. The fraction of sp³-hybridized carbons (Fsp3) is 0.357. The number of benzene rings is 1. The van der Waals surface area contributed by atoms with Crippen molar-refractivity contribution in [2.24, 2.45) is 0 Å². The third-order valence-corrected chi connectivity index (χ3v) is 2.44. The normalized spacial score (nSPS) is 11.6. The molecule has 0 radical (unpaired) electrons. The van der Waals surface area contributed by atoms with Gasteiger partial charge in [0.1, 0.15) is 5.75 Å². The summed E-state index contributed by atoms with van der Waals surface area (Å²) in [5.41, 5.74) is 1.02. The Bertz CT molecular complexity index is 385. The first-order valence-corrected chi connectivity index (χ1v) is 5.66. The van der Waals surface area contributed by atoms with Gasteiger partial charge in [0.25, 0.3) is 0 Å². The van der Waals surface area contributed by atoms with Crippen LogP contribution in [-0.4, -0.2) is 19.2 Å². The third kappa shape index (κ3) is 3.63. The van der Waals surface area contributed by atoms with Crippen molar-refractivity contribution in [2.75, 3.05) is 7.11 Å². The molecule has 17 heavy (non-hydrogen) atoms. The zero-order valence-corrected chi connectivity index (χ0v) is 10.3. The van der Waals surface area contributed by atoms with Crippen molar-refractivity contribution in [1.29, 1.82) is 0 Å². The molecule has 0 saturated carbocycles. The minimum atomic E-state index is -0.550. The van der Waals surface area contributed by atoms with Gasteiger partial charge in [-0.25, -0.2) is 4.79 Å². The summed E-state index contributed by atoms with van der Waals surface area (Å²) in [6.07, 6.45) is 2.55. The molecule has 0 heterocycles. The zero-order chi connectivity index (χ0) is 12.7. The maximum atomic E-state index is 11.4. The molecule has 0 fully saturated rings. The molecule has 1 aromatic carbocycles. The van der Waals surface area contributed by atoms with Crippen molar-refractivity contribution in [3.8, 4) is 5.75 Å². The Hall–Kier alpha value is -1.77. The van der Waals surface area contributed by atoms with Gasteiger partial charge in [-0.3, -0.25) is 0 Å². The van der Waals surface area contributed by atoms with Crippen LogP contribution >= 0.6 is 0 Å². The molecule has 0 bridgehead atoms. The molecule has 1 rings (SSSR count). The molecule has 3 nitrogen and oxygen atoms in total. The number of hydrogen-bond acceptors (Lipinski definition) is 3. The zero-order valence-electron chi connectivity index (χ0n) is 10.3. The largest absolute Gasteiger partial charge is 0.478 e. The van der Waals surface area contributed by atoms with Crippen LogP contribution in [0.25, 0.3) is 0 Å². The highest BCUT2D eigenvalue weighted by Crippen LogP contribution is 2.21. The van der Waals surface area contributed by atoms with E-state index in [2.05, 4.69) is 6.58 Å². The first kappa shape index (κ1) is 13.3. The van der Waals surface area contributed by atoms with Crippen molar-refractivity contribution >= 4 is 5.97 Å².